The van der Waals surface area contributed by atoms with Gasteiger partial charge in [-0.2, -0.15) is 0 Å². The molecule has 0 radical (unpaired) electrons. The zero-order valence-corrected chi connectivity index (χ0v) is 24.0. The van der Waals surface area contributed by atoms with E-state index in [1.165, 1.54) is 12.1 Å². The van der Waals surface area contributed by atoms with Crippen molar-refractivity contribution < 1.29 is 38.1 Å². The second-order valence-corrected chi connectivity index (χ2v) is 9.66. The second kappa shape index (κ2) is 18.6. The Morgan fingerprint density at radius 3 is 1.50 bits per heavy atom. The highest BCUT2D eigenvalue weighted by molar-refractivity contribution is 5.92. The van der Waals surface area contributed by atoms with E-state index in [9.17, 15) is 19.2 Å². The first-order valence-electron chi connectivity index (χ1n) is 14.4. The van der Waals surface area contributed by atoms with Gasteiger partial charge in [-0.1, -0.05) is 89.6 Å². The van der Waals surface area contributed by atoms with Crippen LogP contribution in [0.2, 0.25) is 0 Å². The standard InChI is InChI=1S/C32H42O8/c1-4-7-11-18-28(33)38-26-21-25(32(36)37-23-24-16-14-10-15-17-24)22-27(39-29(34)19-12-8-5-2)31(26)40-30(35)20-13-9-6-3/h10,14-17,21-22H,4-9,11-13,18-20,23H2,1-3H3. The van der Waals surface area contributed by atoms with Crippen molar-refractivity contribution in [3.63, 3.8) is 0 Å². The maximum absolute atomic E-state index is 13.0. The Balaban J connectivity index is 2.41. The average Bonchev–Trinajstić information content (AvgIpc) is 2.94. The first-order chi connectivity index (χ1) is 19.4. The van der Waals surface area contributed by atoms with E-state index >= 15 is 0 Å². The van der Waals surface area contributed by atoms with Gasteiger partial charge < -0.3 is 18.9 Å². The summed E-state index contributed by atoms with van der Waals surface area (Å²) in [7, 11) is 0. The van der Waals surface area contributed by atoms with E-state index in [4.69, 9.17) is 18.9 Å². The normalized spacial score (nSPS) is 10.6. The van der Waals surface area contributed by atoms with Crippen LogP contribution in [0.4, 0.5) is 0 Å². The van der Waals surface area contributed by atoms with Crippen LogP contribution in [0.1, 0.15) is 114 Å². The summed E-state index contributed by atoms with van der Waals surface area (Å²) in [6, 6.07) is 11.7. The zero-order chi connectivity index (χ0) is 29.2. The molecule has 2 rings (SSSR count). The fraction of sp³-hybridized carbons (Fsp3) is 0.500. The third-order valence-corrected chi connectivity index (χ3v) is 6.09. The molecule has 2 aromatic rings. The van der Waals surface area contributed by atoms with E-state index in [0.717, 1.165) is 44.1 Å². The summed E-state index contributed by atoms with van der Waals surface area (Å²) in [4.78, 5) is 51.0. The average molecular weight is 555 g/mol. The zero-order valence-electron chi connectivity index (χ0n) is 24.0. The molecule has 0 aliphatic rings. The molecule has 0 heterocycles. The van der Waals surface area contributed by atoms with Gasteiger partial charge in [0.1, 0.15) is 6.61 Å². The van der Waals surface area contributed by atoms with Gasteiger partial charge in [0.15, 0.2) is 11.5 Å². The highest BCUT2D eigenvalue weighted by Crippen LogP contribution is 2.40. The smallest absolute Gasteiger partial charge is 0.338 e. The minimum atomic E-state index is -0.712. The van der Waals surface area contributed by atoms with E-state index in [0.29, 0.717) is 19.3 Å². The summed E-state index contributed by atoms with van der Waals surface area (Å²) in [5, 5.41) is 0. The molecule has 2 aromatic carbocycles. The Kier molecular flexibility index (Phi) is 15.1. The van der Waals surface area contributed by atoms with Gasteiger partial charge in [-0.05, 0) is 37.0 Å². The van der Waals surface area contributed by atoms with Crippen molar-refractivity contribution in [2.24, 2.45) is 0 Å². The topological polar surface area (TPSA) is 105 Å². The monoisotopic (exact) mass is 554 g/mol. The van der Waals surface area contributed by atoms with Crippen LogP contribution in [0, 0.1) is 0 Å². The van der Waals surface area contributed by atoms with Gasteiger partial charge in [0.05, 0.1) is 5.56 Å². The van der Waals surface area contributed by atoms with Crippen LogP contribution >= 0.6 is 0 Å². The summed E-state index contributed by atoms with van der Waals surface area (Å²) in [5.74, 6) is -2.91. The van der Waals surface area contributed by atoms with Crippen molar-refractivity contribution in [2.75, 3.05) is 0 Å². The van der Waals surface area contributed by atoms with E-state index < -0.39 is 23.9 Å². The molecule has 0 aliphatic heterocycles. The molecule has 0 saturated heterocycles. The molecule has 0 unspecified atom stereocenters. The summed E-state index contributed by atoms with van der Waals surface area (Å²) in [6.45, 7) is 6.08. The number of carbonyl (C=O) groups excluding carboxylic acids is 4. The van der Waals surface area contributed by atoms with Crippen LogP contribution in [-0.4, -0.2) is 23.9 Å². The van der Waals surface area contributed by atoms with Crippen molar-refractivity contribution in [2.45, 2.75) is 104 Å². The Bertz CT molecular complexity index is 1050. The Morgan fingerprint density at radius 1 is 0.600 bits per heavy atom. The number of hydrogen-bond acceptors (Lipinski definition) is 8. The molecule has 0 spiro atoms. The van der Waals surface area contributed by atoms with Crippen LogP contribution < -0.4 is 14.2 Å². The molecule has 8 heteroatoms. The van der Waals surface area contributed by atoms with Gasteiger partial charge in [-0.25, -0.2) is 4.79 Å². The Labute approximate surface area is 237 Å². The first kappa shape index (κ1) is 32.5. The lowest BCUT2D eigenvalue weighted by molar-refractivity contribution is -0.138. The third kappa shape index (κ3) is 12.0. The van der Waals surface area contributed by atoms with Gasteiger partial charge >= 0.3 is 23.9 Å². The Morgan fingerprint density at radius 2 is 1.05 bits per heavy atom. The highest BCUT2D eigenvalue weighted by Gasteiger charge is 2.25. The summed E-state index contributed by atoms with van der Waals surface area (Å²) in [5.41, 5.74) is 0.785. The number of carbonyl (C=O) groups is 4. The van der Waals surface area contributed by atoms with Gasteiger partial charge in [0.25, 0.3) is 0 Å². The molecule has 0 fully saturated rings. The van der Waals surface area contributed by atoms with Crippen molar-refractivity contribution in [1.82, 2.24) is 0 Å². The summed E-state index contributed by atoms with van der Waals surface area (Å²) in [6.07, 6.45) is 7.62. The van der Waals surface area contributed by atoms with Gasteiger partial charge in [0, 0.05) is 19.3 Å². The fourth-order valence-corrected chi connectivity index (χ4v) is 3.82. The third-order valence-electron chi connectivity index (χ3n) is 6.09. The summed E-state index contributed by atoms with van der Waals surface area (Å²) < 4.78 is 22.2. The molecule has 0 saturated carbocycles. The lowest BCUT2D eigenvalue weighted by Crippen LogP contribution is -2.16. The predicted octanol–water partition coefficient (Wildman–Crippen LogP) is 7.50. The fourth-order valence-electron chi connectivity index (χ4n) is 3.82. The first-order valence-corrected chi connectivity index (χ1v) is 14.4. The summed E-state index contributed by atoms with van der Waals surface area (Å²) >= 11 is 0. The molecular weight excluding hydrogens is 512 g/mol. The molecule has 218 valence electrons. The molecule has 0 bridgehead atoms. The second-order valence-electron chi connectivity index (χ2n) is 9.66. The lowest BCUT2D eigenvalue weighted by atomic mass is 10.1. The number of rotatable bonds is 18. The SMILES string of the molecule is CCCCCC(=O)Oc1cc(C(=O)OCc2ccccc2)cc(OC(=O)CCCCC)c1OC(=O)CCCCC. The van der Waals surface area contributed by atoms with E-state index in [1.807, 2.05) is 51.1 Å². The number of unbranched alkanes of at least 4 members (excludes halogenated alkanes) is 6. The van der Waals surface area contributed by atoms with Crippen molar-refractivity contribution >= 4 is 23.9 Å². The van der Waals surface area contributed by atoms with Crippen LogP contribution in [0.25, 0.3) is 0 Å². The number of ether oxygens (including phenoxy) is 4. The van der Waals surface area contributed by atoms with Crippen molar-refractivity contribution in [3.8, 4) is 17.2 Å². The van der Waals surface area contributed by atoms with Crippen molar-refractivity contribution in [3.05, 3.63) is 53.6 Å². The number of esters is 4. The predicted molar refractivity (Wildman–Crippen MR) is 151 cm³/mol. The molecule has 40 heavy (non-hydrogen) atoms. The van der Waals surface area contributed by atoms with Gasteiger partial charge in [0.2, 0.25) is 5.75 Å². The molecule has 0 amide bonds. The van der Waals surface area contributed by atoms with E-state index in [2.05, 4.69) is 0 Å². The molecular formula is C32H42O8. The minimum Gasteiger partial charge on any atom is -0.457 e. The van der Waals surface area contributed by atoms with Gasteiger partial charge in [-0.3, -0.25) is 14.4 Å². The van der Waals surface area contributed by atoms with Crippen molar-refractivity contribution in [1.29, 1.82) is 0 Å². The molecule has 0 aromatic heterocycles. The number of hydrogen-bond donors (Lipinski definition) is 0. The largest absolute Gasteiger partial charge is 0.457 e. The molecule has 0 N–H and O–H groups in total. The molecule has 0 aliphatic carbocycles. The van der Waals surface area contributed by atoms with Crippen LogP contribution in [0.5, 0.6) is 17.2 Å². The molecule has 8 nitrogen and oxygen atoms in total. The van der Waals surface area contributed by atoms with E-state index in [1.54, 1.807) is 0 Å². The lowest BCUT2D eigenvalue weighted by Gasteiger charge is -2.16. The Hall–Kier alpha value is -3.68. The minimum absolute atomic E-state index is 0.00516. The van der Waals surface area contributed by atoms with Crippen LogP contribution in [-0.2, 0) is 25.7 Å². The quantitative estimate of drug-likeness (QED) is 0.106. The van der Waals surface area contributed by atoms with Gasteiger partial charge in [-0.15, -0.1) is 0 Å². The maximum Gasteiger partial charge on any atom is 0.338 e. The number of benzene rings is 2. The maximum atomic E-state index is 13.0. The van der Waals surface area contributed by atoms with Crippen LogP contribution in [0.15, 0.2) is 42.5 Å². The van der Waals surface area contributed by atoms with E-state index in [-0.39, 0.29) is 48.7 Å². The molecule has 0 atom stereocenters. The van der Waals surface area contributed by atoms with Crippen LogP contribution in [0.3, 0.4) is 0 Å². The highest BCUT2D eigenvalue weighted by atomic mass is 16.6.